The van der Waals surface area contributed by atoms with Crippen LogP contribution in [0.25, 0.3) is 0 Å². The standard InChI is InChI=1S/C14H11BrCl3N/c15-10-3-9(5-12(17)7-10)14(19)6-8-4-11(16)1-2-13(8)18/h1-5,7,14H,6,19H2. The van der Waals surface area contributed by atoms with E-state index in [1.165, 1.54) is 0 Å². The Morgan fingerprint density at radius 3 is 2.42 bits per heavy atom. The van der Waals surface area contributed by atoms with Crippen LogP contribution >= 0.6 is 50.7 Å². The average molecular weight is 380 g/mol. The summed E-state index contributed by atoms with van der Waals surface area (Å²) in [4.78, 5) is 0. The van der Waals surface area contributed by atoms with Crippen LogP contribution in [0.5, 0.6) is 0 Å². The maximum Gasteiger partial charge on any atom is 0.0439 e. The van der Waals surface area contributed by atoms with Crippen molar-refractivity contribution in [2.75, 3.05) is 0 Å². The number of hydrogen-bond donors (Lipinski definition) is 1. The molecule has 0 saturated carbocycles. The van der Waals surface area contributed by atoms with Gasteiger partial charge in [0, 0.05) is 25.6 Å². The Morgan fingerprint density at radius 1 is 1.00 bits per heavy atom. The quantitative estimate of drug-likeness (QED) is 0.732. The van der Waals surface area contributed by atoms with Crippen molar-refractivity contribution in [2.24, 2.45) is 5.73 Å². The van der Waals surface area contributed by atoms with Gasteiger partial charge in [-0.15, -0.1) is 0 Å². The third-order valence-electron chi connectivity index (χ3n) is 2.76. The van der Waals surface area contributed by atoms with Crippen molar-refractivity contribution in [1.82, 2.24) is 0 Å². The predicted octanol–water partition coefficient (Wildman–Crippen LogP) is 5.65. The third kappa shape index (κ3) is 4.11. The van der Waals surface area contributed by atoms with Gasteiger partial charge in [0.1, 0.15) is 0 Å². The van der Waals surface area contributed by atoms with Crippen LogP contribution in [0.1, 0.15) is 17.2 Å². The predicted molar refractivity (Wildman–Crippen MR) is 86.2 cm³/mol. The van der Waals surface area contributed by atoms with Crippen LogP contribution in [0.4, 0.5) is 0 Å². The molecule has 0 aliphatic rings. The highest BCUT2D eigenvalue weighted by atomic mass is 79.9. The summed E-state index contributed by atoms with van der Waals surface area (Å²) in [5.41, 5.74) is 8.09. The molecular weight excluding hydrogens is 368 g/mol. The fourth-order valence-electron chi connectivity index (χ4n) is 1.84. The molecule has 2 aromatic carbocycles. The second-order valence-electron chi connectivity index (χ2n) is 4.25. The van der Waals surface area contributed by atoms with Gasteiger partial charge in [0.2, 0.25) is 0 Å². The third-order valence-corrected chi connectivity index (χ3v) is 4.04. The highest BCUT2D eigenvalue weighted by Crippen LogP contribution is 2.28. The number of nitrogens with two attached hydrogens (primary N) is 1. The van der Waals surface area contributed by atoms with Gasteiger partial charge in [0.25, 0.3) is 0 Å². The SMILES string of the molecule is NC(Cc1cc(Cl)ccc1Cl)c1cc(Cl)cc(Br)c1. The van der Waals surface area contributed by atoms with Gasteiger partial charge in [0.05, 0.1) is 0 Å². The van der Waals surface area contributed by atoms with E-state index >= 15 is 0 Å². The number of benzene rings is 2. The molecule has 0 bridgehead atoms. The zero-order valence-corrected chi connectivity index (χ0v) is 13.7. The van der Waals surface area contributed by atoms with Crippen LogP contribution in [0.2, 0.25) is 15.1 Å². The van der Waals surface area contributed by atoms with Crippen molar-refractivity contribution in [2.45, 2.75) is 12.5 Å². The summed E-state index contributed by atoms with van der Waals surface area (Å²) in [5, 5.41) is 1.97. The first kappa shape index (κ1) is 15.1. The Morgan fingerprint density at radius 2 is 1.74 bits per heavy atom. The van der Waals surface area contributed by atoms with Gasteiger partial charge in [-0.3, -0.25) is 0 Å². The van der Waals surface area contributed by atoms with Crippen molar-refractivity contribution in [3.05, 3.63) is 67.1 Å². The van der Waals surface area contributed by atoms with Crippen LogP contribution < -0.4 is 5.73 Å². The highest BCUT2D eigenvalue weighted by molar-refractivity contribution is 9.10. The zero-order valence-electron chi connectivity index (χ0n) is 9.84. The topological polar surface area (TPSA) is 26.0 Å². The molecule has 2 aromatic rings. The van der Waals surface area contributed by atoms with E-state index in [9.17, 15) is 0 Å². The number of rotatable bonds is 3. The van der Waals surface area contributed by atoms with E-state index < -0.39 is 0 Å². The van der Waals surface area contributed by atoms with Gasteiger partial charge < -0.3 is 5.73 Å². The molecule has 0 fully saturated rings. The van der Waals surface area contributed by atoms with Gasteiger partial charge in [-0.05, 0) is 53.9 Å². The van der Waals surface area contributed by atoms with Gasteiger partial charge in [-0.2, -0.15) is 0 Å². The zero-order chi connectivity index (χ0) is 14.0. The molecule has 100 valence electrons. The molecule has 0 aromatic heterocycles. The second kappa shape index (κ2) is 6.47. The largest absolute Gasteiger partial charge is 0.324 e. The van der Waals surface area contributed by atoms with Gasteiger partial charge in [-0.1, -0.05) is 50.7 Å². The molecule has 5 heteroatoms. The Kier molecular flexibility index (Phi) is 5.15. The van der Waals surface area contributed by atoms with E-state index in [1.54, 1.807) is 12.1 Å². The lowest BCUT2D eigenvalue weighted by Crippen LogP contribution is -2.13. The summed E-state index contributed by atoms with van der Waals surface area (Å²) in [7, 11) is 0. The molecule has 2 N–H and O–H groups in total. The second-order valence-corrected chi connectivity index (χ2v) is 6.44. The Hall–Kier alpha value is -0.250. The summed E-state index contributed by atoms with van der Waals surface area (Å²) >= 11 is 21.5. The van der Waals surface area contributed by atoms with Crippen molar-refractivity contribution >= 4 is 50.7 Å². The molecule has 0 aliphatic heterocycles. The number of hydrogen-bond acceptors (Lipinski definition) is 1. The summed E-state index contributed by atoms with van der Waals surface area (Å²) in [6.45, 7) is 0. The van der Waals surface area contributed by atoms with E-state index in [0.29, 0.717) is 21.5 Å². The highest BCUT2D eigenvalue weighted by Gasteiger charge is 2.11. The maximum atomic E-state index is 6.20. The van der Waals surface area contributed by atoms with Gasteiger partial charge >= 0.3 is 0 Å². The van der Waals surface area contributed by atoms with E-state index in [1.807, 2.05) is 24.3 Å². The minimum Gasteiger partial charge on any atom is -0.324 e. The maximum absolute atomic E-state index is 6.20. The van der Waals surface area contributed by atoms with Crippen molar-refractivity contribution in [3.8, 4) is 0 Å². The lowest BCUT2D eigenvalue weighted by molar-refractivity contribution is 0.721. The van der Waals surface area contributed by atoms with Crippen molar-refractivity contribution in [1.29, 1.82) is 0 Å². The van der Waals surface area contributed by atoms with Crippen molar-refractivity contribution in [3.63, 3.8) is 0 Å². The summed E-state index contributed by atoms with van der Waals surface area (Å²) in [5.74, 6) is 0. The molecule has 1 nitrogen and oxygen atoms in total. The van der Waals surface area contributed by atoms with Crippen LogP contribution in [0.3, 0.4) is 0 Å². The smallest absolute Gasteiger partial charge is 0.0439 e. The summed E-state index contributed by atoms with van der Waals surface area (Å²) < 4.78 is 0.905. The molecule has 0 amide bonds. The number of halogens is 4. The first-order chi connectivity index (χ1) is 8.95. The van der Waals surface area contributed by atoms with Crippen LogP contribution in [-0.4, -0.2) is 0 Å². The van der Waals surface area contributed by atoms with Crippen LogP contribution in [-0.2, 0) is 6.42 Å². The average Bonchev–Trinajstić information content (AvgIpc) is 2.32. The Balaban J connectivity index is 2.25. The fraction of sp³-hybridized carbons (Fsp3) is 0.143. The lowest BCUT2D eigenvalue weighted by Gasteiger charge is -2.14. The van der Waals surface area contributed by atoms with Crippen LogP contribution in [0.15, 0.2) is 40.9 Å². The Bertz CT molecular complexity index is 581. The van der Waals surface area contributed by atoms with Gasteiger partial charge in [0.15, 0.2) is 0 Å². The molecule has 0 aliphatic carbocycles. The fourth-order valence-corrected chi connectivity index (χ4v) is 3.12. The van der Waals surface area contributed by atoms with E-state index in [-0.39, 0.29) is 6.04 Å². The Labute approximate surface area is 135 Å². The summed E-state index contributed by atoms with van der Waals surface area (Å²) in [6, 6.07) is 10.8. The lowest BCUT2D eigenvalue weighted by atomic mass is 10.00. The van der Waals surface area contributed by atoms with E-state index in [4.69, 9.17) is 40.5 Å². The van der Waals surface area contributed by atoms with Gasteiger partial charge in [-0.25, -0.2) is 0 Å². The van der Waals surface area contributed by atoms with E-state index in [0.717, 1.165) is 15.6 Å². The molecule has 19 heavy (non-hydrogen) atoms. The van der Waals surface area contributed by atoms with E-state index in [2.05, 4.69) is 15.9 Å². The van der Waals surface area contributed by atoms with Crippen LogP contribution in [0, 0.1) is 0 Å². The molecule has 0 spiro atoms. The normalized spacial score (nSPS) is 12.5. The summed E-state index contributed by atoms with van der Waals surface area (Å²) in [6.07, 6.45) is 0.603. The molecule has 1 atom stereocenters. The minimum atomic E-state index is -0.189. The molecule has 0 radical (unpaired) electrons. The minimum absolute atomic E-state index is 0.189. The monoisotopic (exact) mass is 377 g/mol. The first-order valence-electron chi connectivity index (χ1n) is 5.61. The molecule has 2 rings (SSSR count). The molecule has 0 heterocycles. The first-order valence-corrected chi connectivity index (χ1v) is 7.54. The molecular formula is C14H11BrCl3N. The molecule has 0 saturated heterocycles. The molecule has 1 unspecified atom stereocenters. The van der Waals surface area contributed by atoms with Crippen molar-refractivity contribution < 1.29 is 0 Å².